The monoisotopic (exact) mass is 399 g/mol. The van der Waals surface area contributed by atoms with E-state index in [0.717, 1.165) is 17.3 Å². The molecular formula is C16H17N9O2S. The van der Waals surface area contributed by atoms with Crippen molar-refractivity contribution in [1.29, 1.82) is 0 Å². The SMILES string of the molecule is Cc1nc(-n2ncc3cnc(Nc4cnn(C)c4)nc32)ccc1NS(C)(=O)=O. The summed E-state index contributed by atoms with van der Waals surface area (Å²) in [5.41, 5.74) is 2.26. The van der Waals surface area contributed by atoms with E-state index in [1.807, 2.05) is 13.2 Å². The van der Waals surface area contributed by atoms with Crippen molar-refractivity contribution in [3.05, 3.63) is 42.6 Å². The number of hydrogen-bond acceptors (Lipinski definition) is 8. The van der Waals surface area contributed by atoms with E-state index in [0.29, 0.717) is 28.8 Å². The third-order valence-electron chi connectivity index (χ3n) is 3.85. The van der Waals surface area contributed by atoms with Gasteiger partial charge in [0.1, 0.15) is 0 Å². The van der Waals surface area contributed by atoms with Crippen molar-refractivity contribution in [3.8, 4) is 5.82 Å². The van der Waals surface area contributed by atoms with Gasteiger partial charge >= 0.3 is 0 Å². The molecule has 11 nitrogen and oxygen atoms in total. The fraction of sp³-hybridized carbons (Fsp3) is 0.188. The number of hydrogen-bond donors (Lipinski definition) is 2. The summed E-state index contributed by atoms with van der Waals surface area (Å²) in [6, 6.07) is 3.31. The van der Waals surface area contributed by atoms with Gasteiger partial charge in [0, 0.05) is 19.4 Å². The minimum absolute atomic E-state index is 0.398. The lowest BCUT2D eigenvalue weighted by molar-refractivity contribution is 0.606. The Balaban J connectivity index is 1.70. The molecule has 0 amide bonds. The second-order valence-electron chi connectivity index (χ2n) is 6.23. The van der Waals surface area contributed by atoms with E-state index >= 15 is 0 Å². The van der Waals surface area contributed by atoms with Crippen LogP contribution in [0.15, 0.2) is 36.9 Å². The van der Waals surface area contributed by atoms with E-state index in [1.165, 1.54) is 0 Å². The Kier molecular flexibility index (Phi) is 4.19. The molecule has 0 aliphatic carbocycles. The van der Waals surface area contributed by atoms with E-state index in [9.17, 15) is 8.42 Å². The molecule has 4 aromatic heterocycles. The van der Waals surface area contributed by atoms with Crippen LogP contribution in [-0.4, -0.2) is 49.2 Å². The van der Waals surface area contributed by atoms with Gasteiger partial charge in [-0.3, -0.25) is 9.40 Å². The van der Waals surface area contributed by atoms with Gasteiger partial charge in [-0.2, -0.15) is 19.9 Å². The zero-order valence-electron chi connectivity index (χ0n) is 15.3. The van der Waals surface area contributed by atoms with Gasteiger partial charge in [-0.15, -0.1) is 0 Å². The van der Waals surface area contributed by atoms with Gasteiger partial charge in [0.05, 0.1) is 41.1 Å². The van der Waals surface area contributed by atoms with E-state index in [2.05, 4.69) is 35.2 Å². The highest BCUT2D eigenvalue weighted by Gasteiger charge is 2.12. The predicted molar refractivity (Wildman–Crippen MR) is 104 cm³/mol. The molecule has 0 saturated heterocycles. The molecule has 0 aliphatic heterocycles. The summed E-state index contributed by atoms with van der Waals surface area (Å²) < 4.78 is 28.6. The molecule has 4 rings (SSSR count). The molecule has 144 valence electrons. The number of fused-ring (bicyclic) bond motifs is 1. The number of anilines is 3. The number of aryl methyl sites for hydroxylation is 2. The summed E-state index contributed by atoms with van der Waals surface area (Å²) in [4.78, 5) is 13.2. The van der Waals surface area contributed by atoms with Crippen molar-refractivity contribution >= 4 is 38.4 Å². The molecule has 0 aliphatic rings. The van der Waals surface area contributed by atoms with Crippen LogP contribution in [0.2, 0.25) is 0 Å². The topological polar surface area (TPSA) is 133 Å². The van der Waals surface area contributed by atoms with Crippen LogP contribution in [0.5, 0.6) is 0 Å². The minimum atomic E-state index is -3.38. The van der Waals surface area contributed by atoms with Crippen LogP contribution in [-0.2, 0) is 17.1 Å². The van der Waals surface area contributed by atoms with Crippen LogP contribution in [0.4, 0.5) is 17.3 Å². The minimum Gasteiger partial charge on any atom is -0.321 e. The fourth-order valence-electron chi connectivity index (χ4n) is 2.63. The summed E-state index contributed by atoms with van der Waals surface area (Å²) in [5.74, 6) is 0.909. The summed E-state index contributed by atoms with van der Waals surface area (Å²) in [5, 5.41) is 12.3. The molecule has 0 bridgehead atoms. The highest BCUT2D eigenvalue weighted by Crippen LogP contribution is 2.21. The first-order valence-electron chi connectivity index (χ1n) is 8.21. The first-order chi connectivity index (χ1) is 13.3. The lowest BCUT2D eigenvalue weighted by Crippen LogP contribution is -2.12. The Labute approximate surface area is 160 Å². The Bertz CT molecular complexity index is 1280. The third kappa shape index (κ3) is 3.62. The smallest absolute Gasteiger partial charge is 0.229 e. The van der Waals surface area contributed by atoms with E-state index < -0.39 is 10.0 Å². The van der Waals surface area contributed by atoms with Gasteiger partial charge in [-0.1, -0.05) is 0 Å². The Morgan fingerprint density at radius 1 is 1.07 bits per heavy atom. The molecule has 0 aromatic carbocycles. The highest BCUT2D eigenvalue weighted by atomic mass is 32.2. The second-order valence-corrected chi connectivity index (χ2v) is 7.98. The van der Waals surface area contributed by atoms with Crippen molar-refractivity contribution < 1.29 is 8.42 Å². The Morgan fingerprint density at radius 2 is 1.89 bits per heavy atom. The van der Waals surface area contributed by atoms with E-state index in [-0.39, 0.29) is 0 Å². The predicted octanol–water partition coefficient (Wildman–Crippen LogP) is 1.37. The lowest BCUT2D eigenvalue weighted by Gasteiger charge is -2.09. The van der Waals surface area contributed by atoms with Gasteiger partial charge in [0.2, 0.25) is 16.0 Å². The summed E-state index contributed by atoms with van der Waals surface area (Å²) in [7, 11) is -1.56. The number of nitrogens with one attached hydrogen (secondary N) is 2. The molecule has 0 atom stereocenters. The quantitative estimate of drug-likeness (QED) is 0.514. The number of sulfonamides is 1. The molecule has 0 saturated carbocycles. The van der Waals surface area contributed by atoms with E-state index in [1.54, 1.807) is 47.0 Å². The second kappa shape index (κ2) is 6.56. The number of pyridine rings is 1. The van der Waals surface area contributed by atoms with Crippen molar-refractivity contribution in [1.82, 2.24) is 34.5 Å². The maximum atomic E-state index is 11.4. The summed E-state index contributed by atoms with van der Waals surface area (Å²) >= 11 is 0. The molecule has 0 spiro atoms. The Hall–Kier alpha value is -3.54. The summed E-state index contributed by atoms with van der Waals surface area (Å²) in [6.45, 7) is 1.72. The maximum Gasteiger partial charge on any atom is 0.229 e. The number of rotatable bonds is 5. The normalized spacial score (nSPS) is 11.7. The molecule has 28 heavy (non-hydrogen) atoms. The van der Waals surface area contributed by atoms with Crippen LogP contribution in [0, 0.1) is 6.92 Å². The van der Waals surface area contributed by atoms with Gasteiger partial charge in [-0.25, -0.2) is 18.4 Å². The van der Waals surface area contributed by atoms with Crippen molar-refractivity contribution in [2.24, 2.45) is 7.05 Å². The van der Waals surface area contributed by atoms with Crippen molar-refractivity contribution in [2.45, 2.75) is 6.92 Å². The van der Waals surface area contributed by atoms with Gasteiger partial charge in [0.15, 0.2) is 11.5 Å². The van der Waals surface area contributed by atoms with Gasteiger partial charge in [0.25, 0.3) is 0 Å². The van der Waals surface area contributed by atoms with Crippen LogP contribution in [0.3, 0.4) is 0 Å². The van der Waals surface area contributed by atoms with Crippen LogP contribution >= 0.6 is 0 Å². The first kappa shape index (κ1) is 17.9. The molecule has 0 fully saturated rings. The van der Waals surface area contributed by atoms with E-state index in [4.69, 9.17) is 0 Å². The van der Waals surface area contributed by atoms with Gasteiger partial charge < -0.3 is 5.32 Å². The van der Waals surface area contributed by atoms with Crippen LogP contribution in [0.25, 0.3) is 16.9 Å². The average Bonchev–Trinajstić information content (AvgIpc) is 3.21. The lowest BCUT2D eigenvalue weighted by atomic mass is 10.3. The van der Waals surface area contributed by atoms with Crippen LogP contribution < -0.4 is 10.0 Å². The molecule has 2 N–H and O–H groups in total. The highest BCUT2D eigenvalue weighted by molar-refractivity contribution is 7.92. The van der Waals surface area contributed by atoms with Crippen LogP contribution in [0.1, 0.15) is 5.69 Å². The fourth-order valence-corrected chi connectivity index (χ4v) is 3.25. The zero-order valence-corrected chi connectivity index (χ0v) is 16.1. The zero-order chi connectivity index (χ0) is 19.9. The standard InChI is InChI=1S/C16H17N9O2S/c1-10-13(23-28(3,26)27)4-5-14(20-10)25-15-11(7-19-25)6-17-16(22-15)21-12-8-18-24(2)9-12/h4-9,23H,1-3H3,(H,17,21,22). The molecule has 4 heterocycles. The molecule has 0 unspecified atom stereocenters. The number of nitrogens with zero attached hydrogens (tertiary/aromatic N) is 7. The maximum absolute atomic E-state index is 11.4. The third-order valence-corrected chi connectivity index (χ3v) is 4.44. The number of aromatic nitrogens is 7. The summed E-state index contributed by atoms with van der Waals surface area (Å²) in [6.07, 6.45) is 7.88. The first-order valence-corrected chi connectivity index (χ1v) is 10.1. The Morgan fingerprint density at radius 3 is 2.57 bits per heavy atom. The van der Waals surface area contributed by atoms with Gasteiger partial charge in [-0.05, 0) is 19.1 Å². The van der Waals surface area contributed by atoms with Crippen molar-refractivity contribution in [2.75, 3.05) is 16.3 Å². The molecule has 12 heteroatoms. The average molecular weight is 399 g/mol. The largest absolute Gasteiger partial charge is 0.321 e. The van der Waals surface area contributed by atoms with Crippen molar-refractivity contribution in [3.63, 3.8) is 0 Å². The molecule has 4 aromatic rings. The molecule has 0 radical (unpaired) electrons. The molecular weight excluding hydrogens is 382 g/mol.